The van der Waals surface area contributed by atoms with Gasteiger partial charge in [-0.2, -0.15) is 0 Å². The minimum Gasteiger partial charge on any atom is -0.494 e. The monoisotopic (exact) mass is 476 g/mol. The van der Waals surface area contributed by atoms with Gasteiger partial charge in [-0.05, 0) is 61.0 Å². The van der Waals surface area contributed by atoms with Gasteiger partial charge in [0.2, 0.25) is 6.79 Å². The second kappa shape index (κ2) is 10.5. The zero-order valence-electron chi connectivity index (χ0n) is 19.7. The van der Waals surface area contributed by atoms with Crippen molar-refractivity contribution in [1.82, 2.24) is 15.1 Å². The van der Waals surface area contributed by atoms with Crippen LogP contribution in [0.3, 0.4) is 0 Å². The highest BCUT2D eigenvalue weighted by atomic mass is 16.7. The molecule has 3 aromatic rings. The molecule has 0 spiro atoms. The normalized spacial score (nSPS) is 14.7. The topological polar surface area (TPSA) is 86.3 Å². The Balaban J connectivity index is 1.10. The summed E-state index contributed by atoms with van der Waals surface area (Å²) in [5, 5.41) is 8.80. The first kappa shape index (κ1) is 22.8. The molecule has 0 radical (unpaired) electrons. The number of nitrogens with zero attached hydrogens (tertiary/aromatic N) is 4. The maximum atomic E-state index is 12.6. The van der Waals surface area contributed by atoms with E-state index in [9.17, 15) is 4.79 Å². The van der Waals surface area contributed by atoms with E-state index in [1.807, 2.05) is 59.5 Å². The highest BCUT2D eigenvalue weighted by molar-refractivity contribution is 5.78. The van der Waals surface area contributed by atoms with Crippen molar-refractivity contribution in [2.45, 2.75) is 13.3 Å². The zero-order chi connectivity index (χ0) is 24.0. The fourth-order valence-electron chi connectivity index (χ4n) is 3.98. The molecule has 3 heterocycles. The summed E-state index contributed by atoms with van der Waals surface area (Å²) < 4.78 is 22.0. The van der Waals surface area contributed by atoms with Crippen molar-refractivity contribution >= 4 is 11.7 Å². The Kier molecular flexibility index (Phi) is 6.83. The zero-order valence-corrected chi connectivity index (χ0v) is 19.7. The number of ether oxygens (including phenoxy) is 4. The molecule has 2 aliphatic heterocycles. The molecule has 35 heavy (non-hydrogen) atoms. The van der Waals surface area contributed by atoms with Crippen LogP contribution in [0.15, 0.2) is 54.6 Å². The first-order valence-electron chi connectivity index (χ1n) is 11.8. The second-order valence-electron chi connectivity index (χ2n) is 8.32. The largest absolute Gasteiger partial charge is 0.494 e. The fraction of sp³-hybridized carbons (Fsp3) is 0.346. The van der Waals surface area contributed by atoms with Gasteiger partial charge in [0.05, 0.1) is 12.3 Å². The van der Waals surface area contributed by atoms with Crippen LogP contribution in [-0.4, -0.2) is 67.2 Å². The van der Waals surface area contributed by atoms with Crippen LogP contribution in [0, 0.1) is 0 Å². The number of hydrogen-bond donors (Lipinski definition) is 0. The van der Waals surface area contributed by atoms with E-state index >= 15 is 0 Å². The van der Waals surface area contributed by atoms with Crippen molar-refractivity contribution in [2.24, 2.45) is 0 Å². The Bertz CT molecular complexity index is 1150. The SMILES string of the molecule is CCCOc1ccc(OCC(=O)N2CCN(c3ccc(-c4ccc5c(c4)OCO5)nn3)CC2)cc1. The average molecular weight is 477 g/mol. The van der Waals surface area contributed by atoms with Crippen LogP contribution in [0.2, 0.25) is 0 Å². The predicted molar refractivity (Wildman–Crippen MR) is 130 cm³/mol. The Morgan fingerprint density at radius 3 is 2.34 bits per heavy atom. The maximum Gasteiger partial charge on any atom is 0.260 e. The molecule has 9 nitrogen and oxygen atoms in total. The molecule has 182 valence electrons. The van der Waals surface area contributed by atoms with E-state index in [1.54, 1.807) is 0 Å². The number of carbonyl (C=O) groups is 1. The van der Waals surface area contributed by atoms with Gasteiger partial charge in [0.25, 0.3) is 5.91 Å². The van der Waals surface area contributed by atoms with Crippen LogP contribution in [0.1, 0.15) is 13.3 Å². The molecular formula is C26H28N4O5. The number of rotatable bonds is 8. The summed E-state index contributed by atoms with van der Waals surface area (Å²) in [5.41, 5.74) is 1.69. The molecule has 1 fully saturated rings. The molecule has 2 aromatic carbocycles. The lowest BCUT2D eigenvalue weighted by Crippen LogP contribution is -2.50. The van der Waals surface area contributed by atoms with Crippen LogP contribution in [0.5, 0.6) is 23.0 Å². The first-order chi connectivity index (χ1) is 17.2. The van der Waals surface area contributed by atoms with Gasteiger partial charge in [-0.15, -0.1) is 10.2 Å². The highest BCUT2D eigenvalue weighted by Gasteiger charge is 2.23. The first-order valence-corrected chi connectivity index (χ1v) is 11.8. The molecule has 0 aliphatic carbocycles. The minimum absolute atomic E-state index is 0.0131. The lowest BCUT2D eigenvalue weighted by atomic mass is 10.1. The molecule has 1 aromatic heterocycles. The summed E-state index contributed by atoms with van der Waals surface area (Å²) >= 11 is 0. The van der Waals surface area contributed by atoms with Crippen molar-refractivity contribution in [1.29, 1.82) is 0 Å². The third-order valence-electron chi connectivity index (χ3n) is 5.93. The maximum absolute atomic E-state index is 12.6. The average Bonchev–Trinajstić information content (AvgIpc) is 3.39. The van der Waals surface area contributed by atoms with Crippen molar-refractivity contribution in [3.8, 4) is 34.3 Å². The Labute approximate surface area is 204 Å². The van der Waals surface area contributed by atoms with Crippen molar-refractivity contribution < 1.29 is 23.7 Å². The number of amides is 1. The summed E-state index contributed by atoms with van der Waals surface area (Å²) in [6.07, 6.45) is 0.957. The molecule has 5 rings (SSSR count). The Morgan fingerprint density at radius 1 is 0.886 bits per heavy atom. The molecule has 1 saturated heterocycles. The molecule has 2 aliphatic rings. The van der Waals surface area contributed by atoms with Crippen LogP contribution < -0.4 is 23.8 Å². The summed E-state index contributed by atoms with van der Waals surface area (Å²) in [6, 6.07) is 17.0. The summed E-state index contributed by atoms with van der Waals surface area (Å²) in [6.45, 7) is 5.59. The Morgan fingerprint density at radius 2 is 1.63 bits per heavy atom. The van der Waals surface area contributed by atoms with E-state index in [0.29, 0.717) is 38.5 Å². The lowest BCUT2D eigenvalue weighted by molar-refractivity contribution is -0.133. The van der Waals surface area contributed by atoms with Gasteiger partial charge < -0.3 is 28.7 Å². The van der Waals surface area contributed by atoms with Crippen LogP contribution in [-0.2, 0) is 4.79 Å². The van der Waals surface area contributed by atoms with Crippen molar-refractivity contribution in [3.05, 3.63) is 54.6 Å². The molecule has 0 saturated carbocycles. The molecule has 0 bridgehead atoms. The smallest absolute Gasteiger partial charge is 0.260 e. The number of aromatic nitrogens is 2. The number of benzene rings is 2. The molecule has 0 atom stereocenters. The van der Waals surface area contributed by atoms with Gasteiger partial charge >= 0.3 is 0 Å². The van der Waals surface area contributed by atoms with Crippen LogP contribution >= 0.6 is 0 Å². The summed E-state index contributed by atoms with van der Waals surface area (Å²) in [4.78, 5) is 16.6. The van der Waals surface area contributed by atoms with Crippen LogP contribution in [0.25, 0.3) is 11.3 Å². The van der Waals surface area contributed by atoms with Gasteiger partial charge in [0, 0.05) is 31.7 Å². The van der Waals surface area contributed by atoms with Crippen molar-refractivity contribution in [2.75, 3.05) is 51.1 Å². The number of hydrogen-bond acceptors (Lipinski definition) is 8. The Hall–Kier alpha value is -4.01. The fourth-order valence-corrected chi connectivity index (χ4v) is 3.98. The lowest BCUT2D eigenvalue weighted by Gasteiger charge is -2.35. The second-order valence-corrected chi connectivity index (χ2v) is 8.32. The quantitative estimate of drug-likeness (QED) is 0.489. The number of piperazine rings is 1. The summed E-state index contributed by atoms with van der Waals surface area (Å²) in [5.74, 6) is 3.68. The minimum atomic E-state index is -0.0276. The van der Waals surface area contributed by atoms with Gasteiger partial charge in [-0.25, -0.2) is 0 Å². The van der Waals surface area contributed by atoms with Gasteiger partial charge in [0.15, 0.2) is 23.9 Å². The van der Waals surface area contributed by atoms with E-state index in [-0.39, 0.29) is 19.3 Å². The summed E-state index contributed by atoms with van der Waals surface area (Å²) in [7, 11) is 0. The number of fused-ring (bicyclic) bond motifs is 1. The van der Waals surface area contributed by atoms with Gasteiger partial charge in [0.1, 0.15) is 11.5 Å². The van der Waals surface area contributed by atoms with E-state index in [1.165, 1.54) is 0 Å². The predicted octanol–water partition coefficient (Wildman–Crippen LogP) is 3.39. The standard InChI is InChI=1S/C26H28N4O5/c1-2-15-32-20-4-6-21(7-5-20)33-17-26(31)30-13-11-29(12-14-30)25-10-8-22(27-28-25)19-3-9-23-24(16-19)35-18-34-23/h3-10,16H,2,11-15,17-18H2,1H3. The third kappa shape index (κ3) is 5.40. The van der Waals surface area contributed by atoms with E-state index < -0.39 is 0 Å². The highest BCUT2D eigenvalue weighted by Crippen LogP contribution is 2.35. The number of carbonyl (C=O) groups excluding carboxylic acids is 1. The molecule has 0 unspecified atom stereocenters. The van der Waals surface area contributed by atoms with Crippen LogP contribution in [0.4, 0.5) is 5.82 Å². The molecular weight excluding hydrogens is 448 g/mol. The van der Waals surface area contributed by atoms with E-state index in [2.05, 4.69) is 22.0 Å². The molecule has 1 amide bonds. The molecule has 0 N–H and O–H groups in total. The third-order valence-corrected chi connectivity index (χ3v) is 5.93. The van der Waals surface area contributed by atoms with Gasteiger partial charge in [-0.3, -0.25) is 4.79 Å². The molecule has 9 heteroatoms. The van der Waals surface area contributed by atoms with E-state index in [4.69, 9.17) is 18.9 Å². The van der Waals surface area contributed by atoms with Crippen molar-refractivity contribution in [3.63, 3.8) is 0 Å². The van der Waals surface area contributed by atoms with Gasteiger partial charge in [-0.1, -0.05) is 6.92 Å². The van der Waals surface area contributed by atoms with E-state index in [0.717, 1.165) is 40.7 Å². The number of anilines is 1.